The van der Waals surface area contributed by atoms with Gasteiger partial charge in [-0.15, -0.1) is 0 Å². The van der Waals surface area contributed by atoms with E-state index >= 15 is 0 Å². The van der Waals surface area contributed by atoms with Crippen molar-refractivity contribution in [3.05, 3.63) is 108 Å². The molecule has 3 aromatic carbocycles. The van der Waals surface area contributed by atoms with Crippen molar-refractivity contribution in [2.24, 2.45) is 71.0 Å². The number of hydrogen-bond donors (Lipinski definition) is 12. The molecule has 0 amide bonds. The van der Waals surface area contributed by atoms with E-state index in [0.717, 1.165) is 93.7 Å². The third-order valence-corrected chi connectivity index (χ3v) is 16.3. The Morgan fingerprint density at radius 1 is 0.220 bits per heavy atom. The number of ether oxygens (including phenoxy) is 9. The van der Waals surface area contributed by atoms with Crippen molar-refractivity contribution >= 4 is 0 Å². The summed E-state index contributed by atoms with van der Waals surface area (Å²) in [6.07, 6.45) is 6.69. The standard InChI is InChI=1S/3C11H16O.C10H22O2.C9H20O2.C8H18O2.6C7H16O2.9CH4/c3*1-9(2)8-11(12)10-6-4-3-5-7-10;1-8(2)6-9(11)7-12-10(3,4)5;1-7(2)5-9(10)6-11-8(3)4;1-4-10-6-8(9)5-7(2)3;6*1-6(2)4-7(8)5-9-3;;;;;;;;;/h3*3-7,9,11-12H,8H2,1-2H3;8-9,11H,6-7H2,1-5H3;7-10H,5-6H2,1-4H3;7-9H,4-6H2,1-3H3;6*6-8H,4-5H2,1-3H3;9*1H4/t2*11-;;;;;4*7-;;;;;;;;;;;/m10....1100.........../s1. The molecule has 0 heterocycles. The van der Waals surface area contributed by atoms with Crippen LogP contribution in [0.1, 0.15) is 387 Å². The van der Waals surface area contributed by atoms with Crippen LogP contribution in [-0.2, 0) is 42.6 Å². The maximum absolute atomic E-state index is 9.69. The lowest BCUT2D eigenvalue weighted by molar-refractivity contribution is -0.0531. The van der Waals surface area contributed by atoms with Crippen molar-refractivity contribution in [3.63, 3.8) is 0 Å². The quantitative estimate of drug-likeness (QED) is 0.0250. The Hall–Kier alpha value is -3.18. The van der Waals surface area contributed by atoms with E-state index in [2.05, 4.69) is 166 Å². The number of rotatable bonds is 47. The Morgan fingerprint density at radius 3 is 0.508 bits per heavy atom. The van der Waals surface area contributed by atoms with Gasteiger partial charge in [0.15, 0.2) is 0 Å². The highest BCUT2D eigenvalue weighted by atomic mass is 16.5. The summed E-state index contributed by atoms with van der Waals surface area (Å²) >= 11 is 0. The number of benzene rings is 3. The van der Waals surface area contributed by atoms with Gasteiger partial charge < -0.3 is 104 Å². The van der Waals surface area contributed by atoms with Crippen LogP contribution >= 0.6 is 0 Å². The van der Waals surface area contributed by atoms with Gasteiger partial charge in [-0.3, -0.25) is 0 Å². The Bertz CT molecular complexity index is 2190. The summed E-state index contributed by atoms with van der Waals surface area (Å²) in [5.41, 5.74) is 2.92. The first-order valence-corrected chi connectivity index (χ1v) is 46.2. The van der Waals surface area contributed by atoms with Crippen LogP contribution in [0.4, 0.5) is 0 Å². The lowest BCUT2D eigenvalue weighted by Gasteiger charge is -2.22. The van der Waals surface area contributed by atoms with Crippen molar-refractivity contribution in [2.45, 2.75) is 437 Å². The van der Waals surface area contributed by atoms with Crippen LogP contribution in [0.15, 0.2) is 91.0 Å². The molecule has 0 fully saturated rings. The third-order valence-electron chi connectivity index (χ3n) is 16.3. The fourth-order valence-electron chi connectivity index (χ4n) is 11.3. The highest BCUT2D eigenvalue weighted by molar-refractivity contribution is 5.19. The smallest absolute Gasteiger partial charge is 0.0792 e. The molecule has 12 N–H and O–H groups in total. The van der Waals surface area contributed by atoms with Gasteiger partial charge in [0.05, 0.1) is 144 Å². The predicted octanol–water partition coefficient (Wildman–Crippen LogP) is 25.7. The fraction of sp³-hybridized carbons (Fsp3) is 0.838. The average molecular weight is 1910 g/mol. The van der Waals surface area contributed by atoms with E-state index in [0.29, 0.717) is 137 Å². The van der Waals surface area contributed by atoms with E-state index in [4.69, 9.17) is 73.3 Å². The van der Waals surface area contributed by atoms with E-state index in [1.807, 2.05) is 133 Å². The monoisotopic (exact) mass is 1910 g/mol. The van der Waals surface area contributed by atoms with Crippen LogP contribution < -0.4 is 0 Å². The van der Waals surface area contributed by atoms with E-state index in [1.54, 1.807) is 42.7 Å². The lowest BCUT2D eigenvalue weighted by Crippen LogP contribution is -2.26. The largest absolute Gasteiger partial charge is 0.391 e. The zero-order chi connectivity index (χ0) is 97.2. The first-order chi connectivity index (χ1) is 57.1. The Labute approximate surface area is 823 Å². The van der Waals surface area contributed by atoms with Crippen molar-refractivity contribution in [1.29, 1.82) is 0 Å². The summed E-state index contributed by atoms with van der Waals surface area (Å²) in [5, 5.41) is 112. The Kier molecular flexibility index (Phi) is 151. The lowest BCUT2D eigenvalue weighted by atomic mass is 10.00. The van der Waals surface area contributed by atoms with Gasteiger partial charge in [0.25, 0.3) is 0 Å². The second kappa shape index (κ2) is 117. The zero-order valence-corrected chi connectivity index (χ0v) is 85.7. The van der Waals surface area contributed by atoms with E-state index in [-0.39, 0.29) is 152 Å². The summed E-state index contributed by atoms with van der Waals surface area (Å²) in [5.74, 6) is 6.56. The summed E-state index contributed by atoms with van der Waals surface area (Å²) in [4.78, 5) is 0. The molecule has 0 spiro atoms. The van der Waals surface area contributed by atoms with Gasteiger partial charge in [-0.25, -0.2) is 0 Å². The third kappa shape index (κ3) is 155. The molecule has 0 bridgehead atoms. The molecule has 3 rings (SSSR count). The average Bonchev–Trinajstić information content (AvgIpc) is 0.924. The van der Waals surface area contributed by atoms with Gasteiger partial charge in [0, 0.05) is 49.3 Å². The van der Waals surface area contributed by atoms with Gasteiger partial charge in [-0.05, 0) is 206 Å². The van der Waals surface area contributed by atoms with Crippen LogP contribution in [-0.4, -0.2) is 237 Å². The molecule has 12 atom stereocenters. The highest BCUT2D eigenvalue weighted by Gasteiger charge is 2.17. The molecule has 810 valence electrons. The molecule has 3 aromatic rings. The number of aliphatic hydroxyl groups excluding tert-OH is 12. The van der Waals surface area contributed by atoms with Crippen LogP contribution in [0, 0.1) is 71.0 Å². The summed E-state index contributed by atoms with van der Waals surface area (Å²) in [7, 11) is 9.60. The van der Waals surface area contributed by atoms with Gasteiger partial charge in [-0.2, -0.15) is 0 Å². The molecule has 6 unspecified atom stereocenters. The van der Waals surface area contributed by atoms with Gasteiger partial charge in [0.2, 0.25) is 0 Å². The van der Waals surface area contributed by atoms with Gasteiger partial charge >= 0.3 is 0 Å². The summed E-state index contributed by atoms with van der Waals surface area (Å²) in [6, 6.07) is 29.4. The number of methoxy groups -OCH3 is 6. The summed E-state index contributed by atoms with van der Waals surface area (Å²) < 4.78 is 44.3. The van der Waals surface area contributed by atoms with Crippen LogP contribution in [0.2, 0.25) is 0 Å². The minimum absolute atomic E-state index is 0. The predicted molar refractivity (Wildman–Crippen MR) is 577 cm³/mol. The number of hydrogen-bond acceptors (Lipinski definition) is 21. The zero-order valence-electron chi connectivity index (χ0n) is 85.7. The SMILES string of the molecule is C.C.C.C.C.C.C.C.C.CC(C)CC(O)COC(C)(C)C.CC(C)CC(O)COC(C)C.CC(C)CC(O)c1ccccc1.CC(C)C[C@@H](O)c1ccccc1.CC(C)C[C@H](O)c1ccccc1.CCOCC(O)CC(C)C.COCC(O)CC(C)C.COCC(O)CC(C)C.COC[C@@H](O)CC(C)C.COC[C@@H](O)CC(C)C.COC[C@H](O)CC(C)C.COC[C@H](O)CC(C)C. The van der Waals surface area contributed by atoms with Crippen molar-refractivity contribution < 1.29 is 104 Å². The van der Waals surface area contributed by atoms with Crippen molar-refractivity contribution in [3.8, 4) is 0 Å². The van der Waals surface area contributed by atoms with Crippen molar-refractivity contribution in [2.75, 3.05) is 109 Å². The molecule has 0 saturated carbocycles. The maximum Gasteiger partial charge on any atom is 0.0792 e. The Balaban J connectivity index is -0.0000000669. The molecule has 21 nitrogen and oxygen atoms in total. The normalized spacial score (nSPS) is 13.2. The highest BCUT2D eigenvalue weighted by Crippen LogP contribution is 2.23. The molecule has 0 aliphatic carbocycles. The Morgan fingerprint density at radius 2 is 0.371 bits per heavy atom. The van der Waals surface area contributed by atoms with Crippen molar-refractivity contribution in [1.82, 2.24) is 0 Å². The fourth-order valence-corrected chi connectivity index (χ4v) is 11.3. The number of aliphatic hydroxyl groups is 12. The summed E-state index contributed by atoms with van der Waals surface area (Å²) in [6.45, 7) is 67.0. The van der Waals surface area contributed by atoms with Gasteiger partial charge in [-0.1, -0.05) is 324 Å². The molecular weight excluding hydrogens is 1670 g/mol. The second-order valence-corrected chi connectivity index (χ2v) is 38.4. The first kappa shape index (κ1) is 171. The van der Waals surface area contributed by atoms with E-state index in [9.17, 15) is 30.6 Å². The van der Waals surface area contributed by atoms with Crippen LogP contribution in [0.25, 0.3) is 0 Å². The molecule has 21 heteroatoms. The minimum atomic E-state index is -0.316. The molecule has 0 saturated heterocycles. The topological polar surface area (TPSA) is 326 Å². The van der Waals surface area contributed by atoms with E-state index < -0.39 is 0 Å². The first-order valence-electron chi connectivity index (χ1n) is 46.2. The molecule has 132 heavy (non-hydrogen) atoms. The van der Waals surface area contributed by atoms with Gasteiger partial charge in [0.1, 0.15) is 0 Å². The maximum atomic E-state index is 9.69. The molecule has 0 aliphatic heterocycles. The van der Waals surface area contributed by atoms with Crippen LogP contribution in [0.5, 0.6) is 0 Å². The molecule has 0 aliphatic rings. The molecule has 0 aromatic heterocycles. The minimum Gasteiger partial charge on any atom is -0.391 e. The second-order valence-electron chi connectivity index (χ2n) is 38.4. The molecule has 0 radical (unpaired) electrons. The van der Waals surface area contributed by atoms with Crippen LogP contribution in [0.3, 0.4) is 0 Å². The van der Waals surface area contributed by atoms with E-state index in [1.165, 1.54) is 0 Å². The molecular formula is C111H240O21.